The van der Waals surface area contributed by atoms with Gasteiger partial charge < -0.3 is 9.96 Å². The minimum absolute atomic E-state index is 0. The molecule has 0 aliphatic rings. The third kappa shape index (κ3) is 23700. The lowest BCUT2D eigenvalue weighted by atomic mass is 11.7. The molecule has 0 aromatic carbocycles. The number of carbonyl (C=O) groups excluding carboxylic acids is 1. The van der Waals surface area contributed by atoms with Crippen LogP contribution in [0.1, 0.15) is 7.43 Å². The van der Waals surface area contributed by atoms with Crippen LogP contribution in [-0.4, -0.2) is 27.8 Å². The van der Waals surface area contributed by atoms with Gasteiger partial charge in [-0.15, -0.1) is 0 Å². The number of nitrogens with zero attached hydrogens (tertiary/aromatic N) is 2. The summed E-state index contributed by atoms with van der Waals surface area (Å²) < 4.78 is 16.3. The first-order chi connectivity index (χ1) is 5.74. The van der Waals surface area contributed by atoms with Crippen LogP contribution in [0.3, 0.4) is 0 Å². The van der Waals surface area contributed by atoms with Crippen LogP contribution in [0.25, 0.3) is 5.41 Å². The van der Waals surface area contributed by atoms with Crippen LogP contribution in [0, 0.1) is 10.7 Å². The Kier molecular flexibility index (Phi) is 258. The van der Waals surface area contributed by atoms with Crippen LogP contribution in [0.5, 0.6) is 0 Å². The number of hydrogen-bond donors (Lipinski definition) is 3. The lowest BCUT2D eigenvalue weighted by molar-refractivity contribution is -0.176. The van der Waals surface area contributed by atoms with Crippen LogP contribution in [0.15, 0.2) is 0 Å². The molecule has 0 saturated heterocycles. The van der Waals surface area contributed by atoms with Crippen LogP contribution in [0.2, 0.25) is 0 Å². The number of rotatable bonds is 0. The zero-order valence-corrected chi connectivity index (χ0v) is 7.62. The molecule has 0 radical (unpaired) electrons. The lowest BCUT2D eigenvalue weighted by Gasteiger charge is -1.48. The van der Waals surface area contributed by atoms with E-state index in [1.807, 2.05) is 0 Å². The maximum absolute atomic E-state index is 8.90. The zero-order valence-electron chi connectivity index (χ0n) is 5.91. The second-order valence-electron chi connectivity index (χ2n) is 0.456. The molecule has 78 valence electrons. The Morgan fingerprint density at radius 3 is 1.62 bits per heavy atom. The molecule has 0 amide bonds. The number of nitriles is 1. The lowest BCUT2D eigenvalue weighted by Crippen LogP contribution is -1.30. The second kappa shape index (κ2) is 114. The molecule has 0 atom stereocenters. The summed E-state index contributed by atoms with van der Waals surface area (Å²) in [6, 6.07) is 0. The molecule has 0 heterocycles. The number of hydrogen-bond acceptors (Lipinski definition) is 7. The minimum Gasteiger partial charge on any atom is -0.724 e. The molecule has 0 fully saturated rings. The Hall–Kier alpha value is -0.800. The summed E-state index contributed by atoms with van der Waals surface area (Å²) in [5.74, 6) is 0. The third-order valence-electron chi connectivity index (χ3n) is 0.0408. The predicted octanol–water partition coefficient (Wildman–Crippen LogP) is 2.13. The molecule has 0 aromatic heterocycles. The molecule has 0 bridgehead atoms. The highest BCUT2D eigenvalue weighted by Gasteiger charge is 1.52. The van der Waals surface area contributed by atoms with Crippen LogP contribution < -0.4 is 0 Å². The summed E-state index contributed by atoms with van der Waals surface area (Å²) in [5.41, 5.74) is 0. The van der Waals surface area contributed by atoms with Gasteiger partial charge in [0.25, 0.3) is 0 Å². The van der Waals surface area contributed by atoms with Gasteiger partial charge in [0.1, 0.15) is 12.0 Å². The van der Waals surface area contributed by atoms with E-state index in [1.54, 1.807) is 6.66 Å². The van der Waals surface area contributed by atoms with Gasteiger partial charge in [-0.2, -0.15) is 5.26 Å². The van der Waals surface area contributed by atoms with Crippen molar-refractivity contribution in [2.24, 2.45) is 0 Å². The molecular weight excluding hydrogens is 219 g/mol. The van der Waals surface area contributed by atoms with E-state index in [1.165, 1.54) is 5.40 Å². The first-order valence-electron chi connectivity index (χ1n) is 1.87. The van der Waals surface area contributed by atoms with Crippen molar-refractivity contribution in [3.8, 4) is 5.40 Å². The molecule has 3 N–H and O–H groups in total. The molecule has 7 nitrogen and oxygen atoms in total. The molecule has 9 heteroatoms. The maximum atomic E-state index is 8.90. The van der Waals surface area contributed by atoms with Gasteiger partial charge in [-0.1, -0.05) is 7.43 Å². The molecule has 0 aromatic rings. The zero-order chi connectivity index (χ0) is 10.8. The van der Waals surface area contributed by atoms with Gasteiger partial charge in [-0.05, 0) is 6.08 Å². The quantitative estimate of drug-likeness (QED) is 0.110. The highest BCUT2D eigenvalue weighted by atomic mass is 32.2. The molecule has 0 spiro atoms. The van der Waals surface area contributed by atoms with Crippen molar-refractivity contribution < 1.29 is 24.4 Å². The first kappa shape index (κ1) is 29.5. The summed E-state index contributed by atoms with van der Waals surface area (Å²) in [5, 5.41) is 27.5. The van der Waals surface area contributed by atoms with Gasteiger partial charge in [0.05, 0.1) is 0 Å². The predicted molar refractivity (Wildman–Crippen MR) is 50.4 cm³/mol. The SMILES string of the molecule is C.CP=O.N#CSO.OO.[N-]=C=O. The molecule has 0 saturated carbocycles. The topological polar surface area (TPSA) is 141 Å². The van der Waals surface area contributed by atoms with Gasteiger partial charge in [-0.3, -0.25) is 19.9 Å². The first-order valence-corrected chi connectivity index (χ1v) is 3.90. The van der Waals surface area contributed by atoms with Gasteiger partial charge in [0.15, 0.2) is 13.9 Å². The van der Waals surface area contributed by atoms with E-state index in [2.05, 4.69) is 0 Å². The number of isocyanates is 1. The van der Waals surface area contributed by atoms with Crippen molar-refractivity contribution in [1.82, 2.24) is 0 Å². The molecular formula is C4H10N2O5PS-. The molecule has 0 unspecified atom stereocenters. The average molecular weight is 229 g/mol. The Balaban J connectivity index is -0.0000000220. The fourth-order valence-corrected chi connectivity index (χ4v) is 0. The van der Waals surface area contributed by atoms with Crippen molar-refractivity contribution in [1.29, 1.82) is 5.26 Å². The van der Waals surface area contributed by atoms with Crippen molar-refractivity contribution >= 4 is 26.6 Å². The standard InChI is InChI=1S/CHNOS.CNO.CH3OP.CH4.H2O2/c2-1-4-3;2-1-3;1-3-2;;1-2/h3H;;1H3;1H4;1-2H/q;-1;;;. The molecule has 0 rings (SSSR count). The average Bonchev–Trinajstić information content (AvgIpc) is 2.10. The van der Waals surface area contributed by atoms with E-state index in [4.69, 9.17) is 35.1 Å². The van der Waals surface area contributed by atoms with E-state index in [-0.39, 0.29) is 27.9 Å². The van der Waals surface area contributed by atoms with Crippen LogP contribution >= 0.6 is 20.5 Å². The van der Waals surface area contributed by atoms with Gasteiger partial charge in [0.2, 0.25) is 0 Å². The van der Waals surface area contributed by atoms with Gasteiger partial charge in [-0.25, -0.2) is 0 Å². The highest BCUT2D eigenvalue weighted by Crippen LogP contribution is 1.77. The highest BCUT2D eigenvalue weighted by molar-refractivity contribution is 7.98. The molecule has 0 aliphatic carbocycles. The maximum Gasteiger partial charge on any atom is 0.162 e. The summed E-state index contributed by atoms with van der Waals surface area (Å²) in [6.45, 7) is 1.54. The van der Waals surface area contributed by atoms with E-state index in [0.29, 0.717) is 6.08 Å². The summed E-state index contributed by atoms with van der Waals surface area (Å²) in [7, 11) is 0.167. The van der Waals surface area contributed by atoms with Crippen LogP contribution in [0.4, 0.5) is 0 Å². The van der Waals surface area contributed by atoms with Gasteiger partial charge in [0, 0.05) is 6.66 Å². The Labute approximate surface area is 81.9 Å². The fourth-order valence-electron chi connectivity index (χ4n) is 0. The van der Waals surface area contributed by atoms with Crippen molar-refractivity contribution in [2.75, 3.05) is 6.66 Å². The number of thiocyanates is 1. The molecule has 13 heavy (non-hydrogen) atoms. The van der Waals surface area contributed by atoms with Crippen molar-refractivity contribution in [3.05, 3.63) is 5.41 Å². The Bertz CT molecular complexity index is 133. The monoisotopic (exact) mass is 229 g/mol. The second-order valence-corrected chi connectivity index (χ2v) is 1.19. The molecule has 0 aliphatic heterocycles. The van der Waals surface area contributed by atoms with E-state index in [9.17, 15) is 0 Å². The minimum atomic E-state index is 0. The largest absolute Gasteiger partial charge is 0.724 e. The third-order valence-corrected chi connectivity index (χ3v) is 0.122. The summed E-state index contributed by atoms with van der Waals surface area (Å²) in [4.78, 5) is 8.24. The Morgan fingerprint density at radius 2 is 1.62 bits per heavy atom. The van der Waals surface area contributed by atoms with E-state index < -0.39 is 0 Å². The van der Waals surface area contributed by atoms with Crippen molar-refractivity contribution in [2.45, 2.75) is 7.43 Å². The fraction of sp³-hybridized carbons (Fsp3) is 0.500. The van der Waals surface area contributed by atoms with E-state index in [0.717, 1.165) is 0 Å². The van der Waals surface area contributed by atoms with Crippen molar-refractivity contribution in [3.63, 3.8) is 0 Å². The van der Waals surface area contributed by atoms with Crippen LogP contribution in [-0.2, 0) is 9.36 Å². The smallest absolute Gasteiger partial charge is 0.162 e. The summed E-state index contributed by atoms with van der Waals surface area (Å²) >= 11 is 0.162. The normalized spacial score (nSPS) is 4.23. The van der Waals surface area contributed by atoms with E-state index >= 15 is 0 Å². The van der Waals surface area contributed by atoms with Gasteiger partial charge >= 0.3 is 0 Å². The Morgan fingerprint density at radius 1 is 1.54 bits per heavy atom. The summed E-state index contributed by atoms with van der Waals surface area (Å²) in [6.07, 6.45) is 0.500.